The Kier molecular flexibility index (Phi) is 3.70. The van der Waals surface area contributed by atoms with Gasteiger partial charge in [-0.25, -0.2) is 0 Å². The van der Waals surface area contributed by atoms with Gasteiger partial charge in [0.25, 0.3) is 0 Å². The van der Waals surface area contributed by atoms with Crippen LogP contribution in [0.2, 0.25) is 0 Å². The summed E-state index contributed by atoms with van der Waals surface area (Å²) in [5, 5.41) is 26.8. The van der Waals surface area contributed by atoms with Gasteiger partial charge in [0.2, 0.25) is 0 Å². The average molecular weight is 232 g/mol. The molecule has 0 saturated heterocycles. The number of hydrogen-bond donors (Lipinski definition) is 3. The fourth-order valence-electron chi connectivity index (χ4n) is 1.38. The number of aliphatic carboxylic acids is 3. The van der Waals surface area contributed by atoms with Crippen molar-refractivity contribution >= 4 is 17.9 Å². The van der Waals surface area contributed by atoms with Crippen LogP contribution in [-0.4, -0.2) is 33.2 Å². The smallest absolute Gasteiger partial charge is 0.321 e. The van der Waals surface area contributed by atoms with Crippen LogP contribution in [0.25, 0.3) is 0 Å². The highest BCUT2D eigenvalue weighted by Crippen LogP contribution is 2.45. The number of carboxylic acids is 3. The molecule has 0 radical (unpaired) electrons. The van der Waals surface area contributed by atoms with Gasteiger partial charge in [-0.1, -0.05) is 20.8 Å². The predicted octanol–water partition coefficient (Wildman–Crippen LogP) is 0.909. The second-order valence-corrected chi connectivity index (χ2v) is 4.52. The summed E-state index contributed by atoms with van der Waals surface area (Å²) in [5.74, 6) is -5.40. The predicted molar refractivity (Wildman–Crippen MR) is 54.0 cm³/mol. The zero-order chi connectivity index (χ0) is 13.3. The lowest BCUT2D eigenvalue weighted by Gasteiger charge is -2.40. The number of rotatable bonds is 5. The van der Waals surface area contributed by atoms with E-state index < -0.39 is 34.7 Å². The Morgan fingerprint density at radius 2 is 1.25 bits per heavy atom. The highest BCUT2D eigenvalue weighted by Gasteiger charge is 2.57. The van der Waals surface area contributed by atoms with Crippen molar-refractivity contribution in [1.29, 1.82) is 0 Å². The largest absolute Gasteiger partial charge is 0.481 e. The molecule has 0 bridgehead atoms. The highest BCUT2D eigenvalue weighted by molar-refractivity contribution is 5.99. The van der Waals surface area contributed by atoms with Crippen LogP contribution in [0.5, 0.6) is 0 Å². The Balaban J connectivity index is 5.64. The molecule has 16 heavy (non-hydrogen) atoms. The summed E-state index contributed by atoms with van der Waals surface area (Å²) < 4.78 is 0. The lowest BCUT2D eigenvalue weighted by molar-refractivity contribution is -0.177. The molecule has 0 saturated carbocycles. The second-order valence-electron chi connectivity index (χ2n) is 4.52. The molecule has 6 nitrogen and oxygen atoms in total. The number of carboxylic acid groups (broad SMARTS) is 3. The second kappa shape index (κ2) is 4.11. The van der Waals surface area contributed by atoms with Crippen LogP contribution in [0.4, 0.5) is 0 Å². The minimum absolute atomic E-state index is 1.02. The maximum Gasteiger partial charge on any atom is 0.321 e. The van der Waals surface area contributed by atoms with Gasteiger partial charge in [-0.3, -0.25) is 14.4 Å². The molecule has 0 aromatic heterocycles. The van der Waals surface area contributed by atoms with Gasteiger partial charge >= 0.3 is 17.9 Å². The molecule has 0 spiro atoms. The lowest BCUT2D eigenvalue weighted by Crippen LogP contribution is -2.52. The Hall–Kier alpha value is -1.59. The van der Waals surface area contributed by atoms with Crippen molar-refractivity contribution in [1.82, 2.24) is 0 Å². The van der Waals surface area contributed by atoms with Gasteiger partial charge in [-0.15, -0.1) is 0 Å². The summed E-state index contributed by atoms with van der Waals surface area (Å²) in [6.45, 7) is 4.98. The van der Waals surface area contributed by atoms with E-state index in [9.17, 15) is 14.4 Å². The van der Waals surface area contributed by atoms with Gasteiger partial charge in [0, 0.05) is 5.41 Å². The molecule has 1 unspecified atom stereocenters. The molecule has 6 heteroatoms. The quantitative estimate of drug-likeness (QED) is 0.607. The van der Waals surface area contributed by atoms with Crippen LogP contribution in [0.3, 0.4) is 0 Å². The van der Waals surface area contributed by atoms with Crippen molar-refractivity contribution in [2.24, 2.45) is 16.7 Å². The minimum atomic E-state index is -2.15. The average Bonchev–Trinajstić information content (AvgIpc) is 2.13. The van der Waals surface area contributed by atoms with E-state index in [2.05, 4.69) is 0 Å². The molecular weight excluding hydrogens is 216 g/mol. The molecule has 0 aromatic rings. The zero-order valence-electron chi connectivity index (χ0n) is 9.64. The third kappa shape index (κ3) is 1.87. The summed E-state index contributed by atoms with van der Waals surface area (Å²) in [6, 6.07) is 0. The first-order valence-corrected chi connectivity index (χ1v) is 4.69. The molecule has 0 rings (SSSR count). The van der Waals surface area contributed by atoms with Crippen LogP contribution < -0.4 is 0 Å². The number of hydrogen-bond acceptors (Lipinski definition) is 3. The van der Waals surface area contributed by atoms with Crippen LogP contribution in [-0.2, 0) is 14.4 Å². The van der Waals surface area contributed by atoms with Crippen molar-refractivity contribution in [2.45, 2.75) is 27.7 Å². The standard InChI is InChI=1S/C10H16O6/c1-5(6(11)12)9(2,3)10(4,7(13)14)8(15)16/h5H,1-4H3,(H,11,12)(H,13,14)(H,15,16). The summed E-state index contributed by atoms with van der Waals surface area (Å²) >= 11 is 0. The molecule has 0 amide bonds. The summed E-state index contributed by atoms with van der Waals surface area (Å²) in [6.07, 6.45) is 0. The molecule has 0 aliphatic rings. The van der Waals surface area contributed by atoms with Gasteiger partial charge < -0.3 is 15.3 Å². The van der Waals surface area contributed by atoms with Gasteiger partial charge in [0.1, 0.15) is 0 Å². The van der Waals surface area contributed by atoms with Crippen molar-refractivity contribution < 1.29 is 29.7 Å². The van der Waals surface area contributed by atoms with E-state index in [-0.39, 0.29) is 0 Å². The number of carbonyl (C=O) groups is 3. The van der Waals surface area contributed by atoms with E-state index >= 15 is 0 Å². The molecule has 3 N–H and O–H groups in total. The van der Waals surface area contributed by atoms with Gasteiger partial charge in [0.15, 0.2) is 5.41 Å². The molecule has 0 fully saturated rings. The summed E-state index contributed by atoms with van der Waals surface area (Å²) in [7, 11) is 0. The van der Waals surface area contributed by atoms with E-state index in [1.54, 1.807) is 0 Å². The third-order valence-corrected chi connectivity index (χ3v) is 3.60. The summed E-state index contributed by atoms with van der Waals surface area (Å²) in [5.41, 5.74) is -3.57. The highest BCUT2D eigenvalue weighted by atomic mass is 16.4. The van der Waals surface area contributed by atoms with Gasteiger partial charge in [-0.05, 0) is 6.92 Å². The minimum Gasteiger partial charge on any atom is -0.481 e. The molecule has 1 atom stereocenters. The van der Waals surface area contributed by atoms with Crippen LogP contribution in [0.1, 0.15) is 27.7 Å². The summed E-state index contributed by atoms with van der Waals surface area (Å²) in [4.78, 5) is 33.0. The SMILES string of the molecule is CC(C(=O)O)C(C)(C)C(C)(C(=O)O)C(=O)O. The first kappa shape index (κ1) is 14.4. The van der Waals surface area contributed by atoms with Crippen molar-refractivity contribution in [3.05, 3.63) is 0 Å². The maximum absolute atomic E-state index is 11.1. The Labute approximate surface area is 92.9 Å². The molecule has 0 heterocycles. The van der Waals surface area contributed by atoms with E-state index in [1.165, 1.54) is 20.8 Å². The maximum atomic E-state index is 11.1. The Morgan fingerprint density at radius 1 is 0.938 bits per heavy atom. The van der Waals surface area contributed by atoms with Crippen molar-refractivity contribution in [2.75, 3.05) is 0 Å². The van der Waals surface area contributed by atoms with Crippen LogP contribution >= 0.6 is 0 Å². The molecule has 92 valence electrons. The Bertz CT molecular complexity index is 316. The van der Waals surface area contributed by atoms with Crippen LogP contribution in [0, 0.1) is 16.7 Å². The first-order valence-electron chi connectivity index (χ1n) is 4.69. The molecule has 0 aromatic carbocycles. The zero-order valence-corrected chi connectivity index (χ0v) is 9.64. The van der Waals surface area contributed by atoms with E-state index in [0.29, 0.717) is 0 Å². The lowest BCUT2D eigenvalue weighted by atomic mass is 9.60. The van der Waals surface area contributed by atoms with Gasteiger partial charge in [-0.2, -0.15) is 0 Å². The van der Waals surface area contributed by atoms with E-state index in [4.69, 9.17) is 15.3 Å². The normalized spacial score (nSPS) is 14.2. The van der Waals surface area contributed by atoms with E-state index in [1.807, 2.05) is 0 Å². The van der Waals surface area contributed by atoms with Gasteiger partial charge in [0.05, 0.1) is 5.92 Å². The van der Waals surface area contributed by atoms with Crippen LogP contribution in [0.15, 0.2) is 0 Å². The van der Waals surface area contributed by atoms with Crippen molar-refractivity contribution in [3.8, 4) is 0 Å². The fraction of sp³-hybridized carbons (Fsp3) is 0.700. The third-order valence-electron chi connectivity index (χ3n) is 3.60. The molecule has 0 aliphatic carbocycles. The fourth-order valence-corrected chi connectivity index (χ4v) is 1.38. The van der Waals surface area contributed by atoms with Crippen molar-refractivity contribution in [3.63, 3.8) is 0 Å². The molecule has 0 aliphatic heterocycles. The topological polar surface area (TPSA) is 112 Å². The molecular formula is C10H16O6. The monoisotopic (exact) mass is 232 g/mol. The Morgan fingerprint density at radius 3 is 1.44 bits per heavy atom. The van der Waals surface area contributed by atoms with E-state index in [0.717, 1.165) is 6.92 Å². The first-order chi connectivity index (χ1) is 6.99.